The lowest BCUT2D eigenvalue weighted by Crippen LogP contribution is -2.23. The van der Waals surface area contributed by atoms with Gasteiger partial charge in [-0.05, 0) is 52.5 Å². The van der Waals surface area contributed by atoms with Crippen LogP contribution in [0.4, 0.5) is 0 Å². The van der Waals surface area contributed by atoms with E-state index in [4.69, 9.17) is 9.15 Å². The van der Waals surface area contributed by atoms with Gasteiger partial charge >= 0.3 is 0 Å². The second-order valence-electron chi connectivity index (χ2n) is 5.02. The van der Waals surface area contributed by atoms with Crippen LogP contribution in [0.3, 0.4) is 0 Å². The number of ether oxygens (including phenoxy) is 1. The highest BCUT2D eigenvalue weighted by Crippen LogP contribution is 2.29. The first-order chi connectivity index (χ1) is 10.3. The minimum absolute atomic E-state index is 0.148. The summed E-state index contributed by atoms with van der Waals surface area (Å²) in [5.74, 6) is 0. The van der Waals surface area contributed by atoms with Crippen molar-refractivity contribution in [1.82, 2.24) is 5.32 Å². The Morgan fingerprint density at radius 3 is 2.57 bits per heavy atom. The fourth-order valence-corrected chi connectivity index (χ4v) is 2.77. The van der Waals surface area contributed by atoms with E-state index < -0.39 is 0 Å². The lowest BCUT2D eigenvalue weighted by molar-refractivity contribution is 0.202. The molecule has 0 amide bonds. The number of halogens is 1. The van der Waals surface area contributed by atoms with Crippen LogP contribution in [0, 0.1) is 0 Å². The zero-order valence-electron chi connectivity index (χ0n) is 12.6. The Balaban J connectivity index is 2.18. The first-order valence-corrected chi connectivity index (χ1v) is 8.09. The van der Waals surface area contributed by atoms with E-state index >= 15 is 0 Å². The summed E-state index contributed by atoms with van der Waals surface area (Å²) in [7, 11) is 1.73. The van der Waals surface area contributed by atoms with Crippen molar-refractivity contribution < 1.29 is 9.15 Å². The Morgan fingerprint density at radius 1 is 1.24 bits per heavy atom. The van der Waals surface area contributed by atoms with Crippen molar-refractivity contribution in [2.75, 3.05) is 20.3 Å². The molecule has 1 atom stereocenters. The van der Waals surface area contributed by atoms with E-state index in [2.05, 4.69) is 52.4 Å². The van der Waals surface area contributed by atoms with Crippen LogP contribution in [0.2, 0.25) is 0 Å². The zero-order chi connectivity index (χ0) is 15.1. The third-order valence-corrected chi connectivity index (χ3v) is 4.11. The Bertz CT molecular complexity index is 536. The van der Waals surface area contributed by atoms with Crippen molar-refractivity contribution in [2.45, 2.75) is 25.8 Å². The molecule has 2 rings (SSSR count). The summed E-state index contributed by atoms with van der Waals surface area (Å²) in [4.78, 5) is 0. The molecule has 21 heavy (non-hydrogen) atoms. The molecule has 0 spiro atoms. The summed E-state index contributed by atoms with van der Waals surface area (Å²) >= 11 is 3.48. The fraction of sp³-hybridized carbons (Fsp3) is 0.412. The quantitative estimate of drug-likeness (QED) is 0.768. The molecule has 0 aliphatic carbocycles. The predicted molar refractivity (Wildman–Crippen MR) is 88.6 cm³/mol. The van der Waals surface area contributed by atoms with Gasteiger partial charge in [-0.3, -0.25) is 0 Å². The van der Waals surface area contributed by atoms with E-state index in [-0.39, 0.29) is 6.04 Å². The fourth-order valence-electron chi connectivity index (χ4n) is 2.30. The minimum Gasteiger partial charge on any atom is -0.457 e. The van der Waals surface area contributed by atoms with E-state index in [0.717, 1.165) is 36.2 Å². The van der Waals surface area contributed by atoms with Crippen molar-refractivity contribution in [3.05, 3.63) is 58.0 Å². The van der Waals surface area contributed by atoms with Crippen LogP contribution >= 0.6 is 15.9 Å². The van der Waals surface area contributed by atoms with E-state index in [9.17, 15) is 0 Å². The van der Waals surface area contributed by atoms with Crippen molar-refractivity contribution in [3.63, 3.8) is 0 Å². The van der Waals surface area contributed by atoms with Gasteiger partial charge in [-0.1, -0.05) is 31.2 Å². The maximum absolute atomic E-state index is 5.38. The Kier molecular flexibility index (Phi) is 6.49. The lowest BCUT2D eigenvalue weighted by atomic mass is 9.99. The number of hydrogen-bond acceptors (Lipinski definition) is 3. The SMILES string of the molecule is CCCNC(c1ccc(CCOC)cc1)c1ccoc1Br. The monoisotopic (exact) mass is 351 g/mol. The summed E-state index contributed by atoms with van der Waals surface area (Å²) in [6.45, 7) is 3.89. The van der Waals surface area contributed by atoms with Gasteiger partial charge in [0.15, 0.2) is 4.67 Å². The second-order valence-corrected chi connectivity index (χ2v) is 5.74. The molecular weight excluding hydrogens is 330 g/mol. The number of methoxy groups -OCH3 is 1. The maximum Gasteiger partial charge on any atom is 0.174 e. The average Bonchev–Trinajstić information content (AvgIpc) is 2.93. The first kappa shape index (κ1) is 16.3. The topological polar surface area (TPSA) is 34.4 Å². The number of benzene rings is 1. The highest BCUT2D eigenvalue weighted by atomic mass is 79.9. The van der Waals surface area contributed by atoms with Gasteiger partial charge in [0, 0.05) is 12.7 Å². The van der Waals surface area contributed by atoms with Gasteiger partial charge in [-0.25, -0.2) is 0 Å². The molecule has 0 aliphatic rings. The van der Waals surface area contributed by atoms with Crippen LogP contribution in [0.25, 0.3) is 0 Å². The van der Waals surface area contributed by atoms with Gasteiger partial charge in [-0.15, -0.1) is 0 Å². The van der Waals surface area contributed by atoms with Crippen LogP contribution in [-0.4, -0.2) is 20.3 Å². The Morgan fingerprint density at radius 2 is 2.00 bits per heavy atom. The lowest BCUT2D eigenvalue weighted by Gasteiger charge is -2.18. The molecule has 4 heteroatoms. The molecule has 1 aromatic carbocycles. The van der Waals surface area contributed by atoms with E-state index in [1.807, 2.05) is 6.07 Å². The molecule has 0 aliphatic heterocycles. The molecule has 1 N–H and O–H groups in total. The molecule has 0 radical (unpaired) electrons. The van der Waals surface area contributed by atoms with Crippen molar-refractivity contribution in [3.8, 4) is 0 Å². The summed E-state index contributed by atoms with van der Waals surface area (Å²) in [6.07, 6.45) is 3.75. The van der Waals surface area contributed by atoms with Gasteiger partial charge in [0.2, 0.25) is 0 Å². The van der Waals surface area contributed by atoms with E-state index in [1.54, 1.807) is 13.4 Å². The van der Waals surface area contributed by atoms with Gasteiger partial charge in [0.05, 0.1) is 18.9 Å². The predicted octanol–water partition coefficient (Wildman–Crippen LogP) is 4.32. The molecule has 3 nitrogen and oxygen atoms in total. The Labute approximate surface area is 134 Å². The summed E-state index contributed by atoms with van der Waals surface area (Å²) in [5.41, 5.74) is 3.67. The minimum atomic E-state index is 0.148. The normalized spacial score (nSPS) is 12.5. The smallest absolute Gasteiger partial charge is 0.174 e. The van der Waals surface area contributed by atoms with Gasteiger partial charge in [0.1, 0.15) is 0 Å². The van der Waals surface area contributed by atoms with Crippen LogP contribution < -0.4 is 5.32 Å². The maximum atomic E-state index is 5.38. The molecule has 0 bridgehead atoms. The summed E-state index contributed by atoms with van der Waals surface area (Å²) in [6, 6.07) is 10.9. The number of hydrogen-bond donors (Lipinski definition) is 1. The van der Waals surface area contributed by atoms with Gasteiger partial charge in [-0.2, -0.15) is 0 Å². The van der Waals surface area contributed by atoms with Crippen molar-refractivity contribution in [2.24, 2.45) is 0 Å². The van der Waals surface area contributed by atoms with E-state index in [0.29, 0.717) is 0 Å². The standard InChI is InChI=1S/C17H22BrNO2/c1-3-10-19-16(15-9-12-21-17(15)18)14-6-4-13(5-7-14)8-11-20-2/h4-7,9,12,16,19H,3,8,10-11H2,1-2H3. The number of furan rings is 1. The first-order valence-electron chi connectivity index (χ1n) is 7.30. The number of nitrogens with one attached hydrogen (secondary N) is 1. The summed E-state index contributed by atoms with van der Waals surface area (Å²) < 4.78 is 11.3. The van der Waals surface area contributed by atoms with Crippen LogP contribution in [0.5, 0.6) is 0 Å². The highest BCUT2D eigenvalue weighted by Gasteiger charge is 2.18. The molecule has 0 saturated carbocycles. The van der Waals surface area contributed by atoms with Gasteiger partial charge < -0.3 is 14.5 Å². The second kappa shape index (κ2) is 8.37. The third kappa shape index (κ3) is 4.43. The molecule has 0 saturated heterocycles. The van der Waals surface area contributed by atoms with Crippen molar-refractivity contribution in [1.29, 1.82) is 0 Å². The van der Waals surface area contributed by atoms with Crippen LogP contribution in [0.1, 0.15) is 36.1 Å². The van der Waals surface area contributed by atoms with Crippen LogP contribution in [-0.2, 0) is 11.2 Å². The zero-order valence-corrected chi connectivity index (χ0v) is 14.2. The molecule has 1 unspecified atom stereocenters. The van der Waals surface area contributed by atoms with Gasteiger partial charge in [0.25, 0.3) is 0 Å². The largest absolute Gasteiger partial charge is 0.457 e. The molecule has 0 fully saturated rings. The molecule has 1 heterocycles. The third-order valence-electron chi connectivity index (χ3n) is 3.46. The van der Waals surface area contributed by atoms with Crippen molar-refractivity contribution >= 4 is 15.9 Å². The average molecular weight is 352 g/mol. The molecular formula is C17H22BrNO2. The van der Waals surface area contributed by atoms with E-state index in [1.165, 1.54) is 11.1 Å². The summed E-state index contributed by atoms with van der Waals surface area (Å²) in [5, 5.41) is 3.58. The number of rotatable bonds is 8. The van der Waals surface area contributed by atoms with Crippen LogP contribution in [0.15, 0.2) is 45.7 Å². The molecule has 2 aromatic rings. The molecule has 1 aromatic heterocycles. The highest BCUT2D eigenvalue weighted by molar-refractivity contribution is 9.10. The Hall–Kier alpha value is -1.10. The molecule has 114 valence electrons.